The molecule has 0 spiro atoms. The molecule has 0 aromatic heterocycles. The summed E-state index contributed by atoms with van der Waals surface area (Å²) in [5.41, 5.74) is 4.59. The number of nitrogens with one attached hydrogen (secondary N) is 3. The summed E-state index contributed by atoms with van der Waals surface area (Å²) in [5, 5.41) is 0.411. The normalized spacial score (nSPS) is 12.7. The van der Waals surface area contributed by atoms with Gasteiger partial charge in [-0.05, 0) is 48.6 Å². The van der Waals surface area contributed by atoms with Crippen LogP contribution >= 0.6 is 23.4 Å². The molecule has 0 saturated heterocycles. The van der Waals surface area contributed by atoms with Crippen molar-refractivity contribution < 1.29 is 18.0 Å². The number of sulfonamides is 1. The number of rotatable bonds is 9. The second kappa shape index (κ2) is 10.8. The minimum atomic E-state index is -3.90. The van der Waals surface area contributed by atoms with E-state index in [4.69, 9.17) is 11.6 Å². The number of amides is 2. The van der Waals surface area contributed by atoms with Crippen LogP contribution in [0.25, 0.3) is 0 Å². The highest BCUT2D eigenvalue weighted by Gasteiger charge is 2.25. The Balaban J connectivity index is 2.80. The van der Waals surface area contributed by atoms with Crippen molar-refractivity contribution in [3.63, 3.8) is 0 Å². The second-order valence-electron chi connectivity index (χ2n) is 6.04. The van der Waals surface area contributed by atoms with Gasteiger partial charge in [0.05, 0.1) is 4.90 Å². The molecule has 0 fully saturated rings. The first-order chi connectivity index (χ1) is 12.2. The van der Waals surface area contributed by atoms with E-state index >= 15 is 0 Å². The molecule has 26 heavy (non-hydrogen) atoms. The zero-order valence-corrected chi connectivity index (χ0v) is 17.3. The summed E-state index contributed by atoms with van der Waals surface area (Å²) in [6.45, 7) is 3.76. The van der Waals surface area contributed by atoms with Crippen LogP contribution in [0.4, 0.5) is 0 Å². The van der Waals surface area contributed by atoms with E-state index in [1.54, 1.807) is 0 Å². The van der Waals surface area contributed by atoms with E-state index in [0.29, 0.717) is 10.8 Å². The molecule has 3 N–H and O–H groups in total. The average molecular weight is 422 g/mol. The highest BCUT2D eigenvalue weighted by molar-refractivity contribution is 7.98. The molecule has 0 unspecified atom stereocenters. The summed E-state index contributed by atoms with van der Waals surface area (Å²) in [6, 6.07) is 4.62. The van der Waals surface area contributed by atoms with Crippen molar-refractivity contribution >= 4 is 45.2 Å². The maximum Gasteiger partial charge on any atom is 0.256 e. The van der Waals surface area contributed by atoms with Gasteiger partial charge in [-0.2, -0.15) is 16.5 Å². The van der Waals surface area contributed by atoms with Gasteiger partial charge in [0, 0.05) is 11.4 Å². The summed E-state index contributed by atoms with van der Waals surface area (Å²) in [7, 11) is -3.90. The minimum Gasteiger partial charge on any atom is -0.273 e. The Bertz CT molecular complexity index is 709. The van der Waals surface area contributed by atoms with Crippen LogP contribution < -0.4 is 15.6 Å². The molecule has 0 aliphatic heterocycles. The molecular weight excluding hydrogens is 398 g/mol. The molecule has 146 valence electrons. The van der Waals surface area contributed by atoms with Crippen molar-refractivity contribution in [1.82, 2.24) is 15.6 Å². The van der Waals surface area contributed by atoms with Gasteiger partial charge >= 0.3 is 0 Å². The quantitative estimate of drug-likeness (QED) is 0.528. The summed E-state index contributed by atoms with van der Waals surface area (Å²) >= 11 is 7.26. The van der Waals surface area contributed by atoms with Crippen molar-refractivity contribution in [2.24, 2.45) is 5.92 Å². The molecule has 0 bridgehead atoms. The number of halogens is 1. The second-order valence-corrected chi connectivity index (χ2v) is 9.18. The smallest absolute Gasteiger partial charge is 0.256 e. The van der Waals surface area contributed by atoms with Crippen LogP contribution in [-0.2, 0) is 19.6 Å². The first kappa shape index (κ1) is 22.8. The van der Waals surface area contributed by atoms with E-state index in [2.05, 4.69) is 15.6 Å². The first-order valence-corrected chi connectivity index (χ1v) is 11.3. The van der Waals surface area contributed by atoms with Crippen LogP contribution in [0.3, 0.4) is 0 Å². The van der Waals surface area contributed by atoms with Gasteiger partial charge in [-0.25, -0.2) is 8.42 Å². The number of hydrazine groups is 1. The number of carbonyl (C=O) groups excluding carboxylic acids is 2. The van der Waals surface area contributed by atoms with E-state index in [1.165, 1.54) is 36.0 Å². The fourth-order valence-electron chi connectivity index (χ4n) is 1.99. The standard InChI is InChI=1S/C16H24ClN3O4S2/c1-11(2)10-15(21)18-19-16(22)14(8-9-25-3)20-26(23,24)13-6-4-12(17)5-7-13/h4-7,11,14,20H,8-10H2,1-3H3,(H,18,21)(H,19,22)/t14-/m0/s1. The molecule has 2 amide bonds. The van der Waals surface area contributed by atoms with Crippen LogP contribution in [0.15, 0.2) is 29.2 Å². The summed E-state index contributed by atoms with van der Waals surface area (Å²) in [5.74, 6) is -0.241. The lowest BCUT2D eigenvalue weighted by Crippen LogP contribution is -2.52. The maximum absolute atomic E-state index is 12.5. The number of hydrogen-bond donors (Lipinski definition) is 3. The summed E-state index contributed by atoms with van der Waals surface area (Å²) in [6.07, 6.45) is 2.39. The fraction of sp³-hybridized carbons (Fsp3) is 0.500. The Labute approximate surface area is 163 Å². The molecular formula is C16H24ClN3O4S2. The molecule has 0 heterocycles. The van der Waals surface area contributed by atoms with Gasteiger partial charge in [0.25, 0.3) is 5.91 Å². The Hall–Kier alpha value is -1.29. The molecule has 1 atom stereocenters. The van der Waals surface area contributed by atoms with Crippen LogP contribution in [0.5, 0.6) is 0 Å². The van der Waals surface area contributed by atoms with Crippen LogP contribution in [0, 0.1) is 5.92 Å². The molecule has 1 aromatic carbocycles. The molecule has 0 aliphatic carbocycles. The first-order valence-electron chi connectivity index (χ1n) is 8.01. The monoisotopic (exact) mass is 421 g/mol. The Kier molecular flexibility index (Phi) is 9.42. The molecule has 1 rings (SSSR count). The largest absolute Gasteiger partial charge is 0.273 e. The predicted molar refractivity (Wildman–Crippen MR) is 104 cm³/mol. The van der Waals surface area contributed by atoms with Crippen molar-refractivity contribution in [2.45, 2.75) is 37.6 Å². The number of benzene rings is 1. The van der Waals surface area contributed by atoms with Crippen LogP contribution in [0.2, 0.25) is 5.02 Å². The van der Waals surface area contributed by atoms with Gasteiger partial charge in [-0.15, -0.1) is 0 Å². The third-order valence-corrected chi connectivity index (χ3v) is 5.65. The van der Waals surface area contributed by atoms with Gasteiger partial charge in [-0.3, -0.25) is 20.4 Å². The summed E-state index contributed by atoms with van der Waals surface area (Å²) < 4.78 is 27.3. The van der Waals surface area contributed by atoms with Gasteiger partial charge in [0.1, 0.15) is 6.04 Å². The summed E-state index contributed by atoms with van der Waals surface area (Å²) in [4.78, 5) is 24.0. The average Bonchev–Trinajstić information content (AvgIpc) is 2.56. The zero-order chi connectivity index (χ0) is 19.7. The van der Waals surface area contributed by atoms with Gasteiger partial charge in [-0.1, -0.05) is 25.4 Å². The highest BCUT2D eigenvalue weighted by atomic mass is 35.5. The number of hydrogen-bond acceptors (Lipinski definition) is 5. The van der Waals surface area contributed by atoms with E-state index in [9.17, 15) is 18.0 Å². The third-order valence-electron chi connectivity index (χ3n) is 3.27. The van der Waals surface area contributed by atoms with Crippen LogP contribution in [-0.4, -0.2) is 38.3 Å². The molecule has 10 heteroatoms. The van der Waals surface area contributed by atoms with Crippen LogP contribution in [0.1, 0.15) is 26.7 Å². The molecule has 0 radical (unpaired) electrons. The minimum absolute atomic E-state index is 0.00712. The number of carbonyl (C=O) groups is 2. The molecule has 0 aliphatic rings. The van der Waals surface area contributed by atoms with E-state index in [0.717, 1.165) is 0 Å². The van der Waals surface area contributed by atoms with Gasteiger partial charge in [0.2, 0.25) is 15.9 Å². The lowest BCUT2D eigenvalue weighted by atomic mass is 10.1. The van der Waals surface area contributed by atoms with Crippen molar-refractivity contribution in [3.8, 4) is 0 Å². The predicted octanol–water partition coefficient (Wildman–Crippen LogP) is 1.93. The fourth-order valence-corrected chi connectivity index (χ4v) is 3.82. The Morgan fingerprint density at radius 3 is 2.31 bits per heavy atom. The topological polar surface area (TPSA) is 104 Å². The lowest BCUT2D eigenvalue weighted by Gasteiger charge is -2.18. The number of thioether (sulfide) groups is 1. The van der Waals surface area contributed by atoms with E-state index in [1.807, 2.05) is 20.1 Å². The lowest BCUT2D eigenvalue weighted by molar-refractivity contribution is -0.130. The van der Waals surface area contributed by atoms with E-state index < -0.39 is 22.0 Å². The van der Waals surface area contributed by atoms with Crippen molar-refractivity contribution in [2.75, 3.05) is 12.0 Å². The molecule has 0 saturated carbocycles. The molecule has 7 nitrogen and oxygen atoms in total. The Morgan fingerprint density at radius 2 is 1.77 bits per heavy atom. The highest BCUT2D eigenvalue weighted by Crippen LogP contribution is 2.15. The SMILES string of the molecule is CSCC[C@H](NS(=O)(=O)c1ccc(Cl)cc1)C(=O)NNC(=O)CC(C)C. The third kappa shape index (κ3) is 7.94. The van der Waals surface area contributed by atoms with Gasteiger partial charge < -0.3 is 0 Å². The Morgan fingerprint density at radius 1 is 1.15 bits per heavy atom. The zero-order valence-electron chi connectivity index (χ0n) is 14.9. The maximum atomic E-state index is 12.5. The van der Waals surface area contributed by atoms with Crippen molar-refractivity contribution in [1.29, 1.82) is 0 Å². The molecule has 1 aromatic rings. The van der Waals surface area contributed by atoms with Crippen molar-refractivity contribution in [3.05, 3.63) is 29.3 Å². The van der Waals surface area contributed by atoms with E-state index in [-0.39, 0.29) is 29.6 Å². The van der Waals surface area contributed by atoms with Gasteiger partial charge in [0.15, 0.2) is 0 Å².